The number of carbonyl (C=O) groups excluding carboxylic acids is 1. The molecule has 0 fully saturated rings. The van der Waals surface area contributed by atoms with E-state index in [1.807, 2.05) is 0 Å². The fourth-order valence-corrected chi connectivity index (χ4v) is 1.31. The SMILES string of the molecule is C=CCN(CC(F)(F)F)C(=O)C(C)CNC. The van der Waals surface area contributed by atoms with Crippen molar-refractivity contribution in [1.29, 1.82) is 0 Å². The van der Waals surface area contributed by atoms with Gasteiger partial charge in [0.2, 0.25) is 5.91 Å². The molecule has 6 heteroatoms. The molecule has 94 valence electrons. The van der Waals surface area contributed by atoms with Crippen LogP contribution in [0.3, 0.4) is 0 Å². The van der Waals surface area contributed by atoms with Crippen LogP contribution in [0.4, 0.5) is 13.2 Å². The minimum Gasteiger partial charge on any atom is -0.330 e. The Morgan fingerprint density at radius 1 is 1.56 bits per heavy atom. The maximum atomic E-state index is 12.2. The summed E-state index contributed by atoms with van der Waals surface area (Å²) in [6.45, 7) is 3.96. The summed E-state index contributed by atoms with van der Waals surface area (Å²) >= 11 is 0. The van der Waals surface area contributed by atoms with E-state index in [1.54, 1.807) is 14.0 Å². The van der Waals surface area contributed by atoms with Crippen LogP contribution >= 0.6 is 0 Å². The number of carbonyl (C=O) groups is 1. The second-order valence-corrected chi connectivity index (χ2v) is 3.58. The summed E-state index contributed by atoms with van der Waals surface area (Å²) in [5.74, 6) is -1.00. The third-order valence-corrected chi connectivity index (χ3v) is 1.96. The summed E-state index contributed by atoms with van der Waals surface area (Å²) in [5.41, 5.74) is 0. The van der Waals surface area contributed by atoms with Crippen molar-refractivity contribution in [3.63, 3.8) is 0 Å². The lowest BCUT2D eigenvalue weighted by molar-refractivity contribution is -0.162. The predicted molar refractivity (Wildman–Crippen MR) is 55.9 cm³/mol. The highest BCUT2D eigenvalue weighted by atomic mass is 19.4. The summed E-state index contributed by atoms with van der Waals surface area (Å²) in [4.78, 5) is 12.4. The largest absolute Gasteiger partial charge is 0.406 e. The molecule has 1 N–H and O–H groups in total. The Morgan fingerprint density at radius 2 is 2.12 bits per heavy atom. The van der Waals surface area contributed by atoms with Gasteiger partial charge in [-0.1, -0.05) is 13.0 Å². The molecule has 3 nitrogen and oxygen atoms in total. The van der Waals surface area contributed by atoms with Crippen LogP contribution in [0.25, 0.3) is 0 Å². The van der Waals surface area contributed by atoms with Crippen LogP contribution in [-0.4, -0.2) is 43.7 Å². The first-order valence-corrected chi connectivity index (χ1v) is 4.93. The Bertz CT molecular complexity index is 241. The van der Waals surface area contributed by atoms with E-state index >= 15 is 0 Å². The van der Waals surface area contributed by atoms with Crippen molar-refractivity contribution in [2.24, 2.45) is 5.92 Å². The van der Waals surface area contributed by atoms with E-state index in [-0.39, 0.29) is 6.54 Å². The van der Waals surface area contributed by atoms with Gasteiger partial charge in [-0.05, 0) is 7.05 Å². The summed E-state index contributed by atoms with van der Waals surface area (Å²) < 4.78 is 36.6. The van der Waals surface area contributed by atoms with Crippen molar-refractivity contribution in [2.75, 3.05) is 26.7 Å². The van der Waals surface area contributed by atoms with Crippen molar-refractivity contribution < 1.29 is 18.0 Å². The maximum absolute atomic E-state index is 12.2. The van der Waals surface area contributed by atoms with E-state index in [9.17, 15) is 18.0 Å². The highest BCUT2D eigenvalue weighted by molar-refractivity contribution is 5.78. The summed E-state index contributed by atoms with van der Waals surface area (Å²) in [6.07, 6.45) is -3.09. The van der Waals surface area contributed by atoms with E-state index in [2.05, 4.69) is 11.9 Å². The molecule has 0 rings (SSSR count). The van der Waals surface area contributed by atoms with E-state index in [4.69, 9.17) is 0 Å². The molecule has 0 radical (unpaired) electrons. The molecule has 0 bridgehead atoms. The average Bonchev–Trinajstić information content (AvgIpc) is 2.14. The third kappa shape index (κ3) is 5.75. The van der Waals surface area contributed by atoms with Gasteiger partial charge in [0.05, 0.1) is 0 Å². The highest BCUT2D eigenvalue weighted by Crippen LogP contribution is 2.17. The molecule has 0 aliphatic carbocycles. The van der Waals surface area contributed by atoms with Crippen LogP contribution in [0.1, 0.15) is 6.92 Å². The zero-order valence-corrected chi connectivity index (χ0v) is 9.47. The molecular formula is C10H17F3N2O. The molecule has 0 aromatic heterocycles. The molecule has 0 spiro atoms. The Labute approximate surface area is 93.3 Å². The minimum absolute atomic E-state index is 0.0909. The van der Waals surface area contributed by atoms with Gasteiger partial charge < -0.3 is 10.2 Å². The smallest absolute Gasteiger partial charge is 0.330 e. The van der Waals surface area contributed by atoms with E-state index in [0.717, 1.165) is 4.90 Å². The van der Waals surface area contributed by atoms with Gasteiger partial charge in [0.15, 0.2) is 0 Å². The highest BCUT2D eigenvalue weighted by Gasteiger charge is 2.33. The van der Waals surface area contributed by atoms with Crippen molar-refractivity contribution in [3.05, 3.63) is 12.7 Å². The zero-order chi connectivity index (χ0) is 12.8. The van der Waals surface area contributed by atoms with Crippen molar-refractivity contribution in [2.45, 2.75) is 13.1 Å². The lowest BCUT2D eigenvalue weighted by atomic mass is 10.1. The van der Waals surface area contributed by atoms with Gasteiger partial charge in [-0.2, -0.15) is 13.2 Å². The molecule has 0 saturated carbocycles. The molecule has 0 aromatic carbocycles. The van der Waals surface area contributed by atoms with Gasteiger partial charge in [-0.15, -0.1) is 6.58 Å². The lowest BCUT2D eigenvalue weighted by Crippen LogP contribution is -2.43. The molecule has 1 unspecified atom stereocenters. The number of alkyl halides is 3. The van der Waals surface area contributed by atoms with Crippen molar-refractivity contribution in [3.8, 4) is 0 Å². The summed E-state index contributed by atoms with van der Waals surface area (Å²) in [6, 6.07) is 0. The van der Waals surface area contributed by atoms with Crippen molar-refractivity contribution in [1.82, 2.24) is 10.2 Å². The number of nitrogens with one attached hydrogen (secondary N) is 1. The molecule has 0 aromatic rings. The molecule has 0 saturated heterocycles. The molecule has 0 aliphatic rings. The Balaban J connectivity index is 4.51. The van der Waals surface area contributed by atoms with Crippen LogP contribution in [0.2, 0.25) is 0 Å². The molecule has 1 atom stereocenters. The van der Waals surface area contributed by atoms with Gasteiger partial charge in [0.25, 0.3) is 0 Å². The van der Waals surface area contributed by atoms with Gasteiger partial charge >= 0.3 is 6.18 Å². The average molecular weight is 238 g/mol. The fourth-order valence-electron chi connectivity index (χ4n) is 1.31. The standard InChI is InChI=1S/C10H17F3N2O/c1-4-5-15(7-10(11,12)13)9(16)8(2)6-14-3/h4,8,14H,1,5-7H2,2-3H3. The van der Waals surface area contributed by atoms with Gasteiger partial charge in [-0.3, -0.25) is 4.79 Å². The number of rotatable bonds is 6. The number of hydrogen-bond acceptors (Lipinski definition) is 2. The van der Waals surface area contributed by atoms with E-state index in [1.165, 1.54) is 6.08 Å². The van der Waals surface area contributed by atoms with Crippen LogP contribution < -0.4 is 5.32 Å². The topological polar surface area (TPSA) is 32.3 Å². The second kappa shape index (κ2) is 6.52. The minimum atomic E-state index is -4.38. The van der Waals surface area contributed by atoms with Gasteiger partial charge in [-0.25, -0.2) is 0 Å². The first kappa shape index (κ1) is 15.0. The normalized spacial score (nSPS) is 13.3. The van der Waals surface area contributed by atoms with Crippen LogP contribution in [0.15, 0.2) is 12.7 Å². The first-order valence-electron chi connectivity index (χ1n) is 4.93. The van der Waals surface area contributed by atoms with Gasteiger partial charge in [0, 0.05) is 19.0 Å². The molecular weight excluding hydrogens is 221 g/mol. The number of amides is 1. The predicted octanol–water partition coefficient (Wildman–Crippen LogP) is 1.42. The number of hydrogen-bond donors (Lipinski definition) is 1. The third-order valence-electron chi connectivity index (χ3n) is 1.96. The quantitative estimate of drug-likeness (QED) is 0.710. The second-order valence-electron chi connectivity index (χ2n) is 3.58. The Hall–Kier alpha value is -1.04. The van der Waals surface area contributed by atoms with Gasteiger partial charge in [0.1, 0.15) is 6.54 Å². The van der Waals surface area contributed by atoms with Crippen LogP contribution in [0.5, 0.6) is 0 Å². The van der Waals surface area contributed by atoms with Crippen molar-refractivity contribution >= 4 is 5.91 Å². The Morgan fingerprint density at radius 3 is 2.50 bits per heavy atom. The van der Waals surface area contributed by atoms with Crippen LogP contribution in [-0.2, 0) is 4.79 Å². The number of halogens is 3. The zero-order valence-electron chi connectivity index (χ0n) is 9.47. The van der Waals surface area contributed by atoms with E-state index < -0.39 is 24.5 Å². The maximum Gasteiger partial charge on any atom is 0.406 e. The molecule has 0 heterocycles. The first-order chi connectivity index (χ1) is 7.31. The summed E-state index contributed by atoms with van der Waals surface area (Å²) in [5, 5.41) is 2.75. The molecule has 0 aliphatic heterocycles. The fraction of sp³-hybridized carbons (Fsp3) is 0.700. The van der Waals surface area contributed by atoms with Crippen LogP contribution in [0, 0.1) is 5.92 Å². The Kier molecular flexibility index (Phi) is 6.10. The molecule has 16 heavy (non-hydrogen) atoms. The number of nitrogens with zero attached hydrogens (tertiary/aromatic N) is 1. The monoisotopic (exact) mass is 238 g/mol. The summed E-state index contributed by atoms with van der Waals surface area (Å²) in [7, 11) is 1.64. The lowest BCUT2D eigenvalue weighted by Gasteiger charge is -2.25. The van der Waals surface area contributed by atoms with E-state index in [0.29, 0.717) is 6.54 Å². The molecule has 1 amide bonds.